The first-order valence-corrected chi connectivity index (χ1v) is 19.7. The molecular weight excluding hydrogens is 749 g/mol. The lowest BCUT2D eigenvalue weighted by molar-refractivity contribution is -0.140. The zero-order valence-electron chi connectivity index (χ0n) is 34.9. The van der Waals surface area contributed by atoms with E-state index in [0.717, 1.165) is 23.8 Å². The van der Waals surface area contributed by atoms with Gasteiger partial charge in [-0.1, -0.05) is 71.4 Å². The number of primary amides is 1. The van der Waals surface area contributed by atoms with Crippen molar-refractivity contribution in [2.24, 2.45) is 28.7 Å². The Balaban J connectivity index is 1.77. The van der Waals surface area contributed by atoms with E-state index in [1.807, 2.05) is 69.5 Å². The zero-order chi connectivity index (χ0) is 43.5. The Kier molecular flexibility index (Phi) is 17.1. The number of aromatic nitrogens is 1. The molecule has 0 saturated carbocycles. The molecule has 0 aliphatic heterocycles. The van der Waals surface area contributed by atoms with E-state index < -0.39 is 71.5 Å². The third-order valence-corrected chi connectivity index (χ3v) is 10.7. The molecule has 3 aromatic rings. The van der Waals surface area contributed by atoms with Gasteiger partial charge in [-0.3, -0.25) is 24.0 Å². The molecule has 13 nitrogen and oxygen atoms in total. The Labute approximate surface area is 340 Å². The van der Waals surface area contributed by atoms with Crippen LogP contribution >= 0.6 is 0 Å². The summed E-state index contributed by atoms with van der Waals surface area (Å²) in [7, 11) is 1.44. The topological polar surface area (TPSA) is 193 Å². The molecule has 0 saturated heterocycles. The van der Waals surface area contributed by atoms with Gasteiger partial charge in [-0.2, -0.15) is 0 Å². The van der Waals surface area contributed by atoms with Gasteiger partial charge in [-0.25, -0.2) is 8.78 Å². The van der Waals surface area contributed by atoms with Gasteiger partial charge in [0.25, 0.3) is 0 Å². The van der Waals surface area contributed by atoms with Crippen LogP contribution in [0.2, 0.25) is 0 Å². The Hall–Kier alpha value is -5.15. The molecule has 7 N–H and O–H groups in total. The molecule has 318 valence electrons. The number of aliphatic hydroxyl groups excluding tert-OH is 1. The fourth-order valence-electron chi connectivity index (χ4n) is 7.10. The maximum Gasteiger partial charge on any atom is 0.248 e. The van der Waals surface area contributed by atoms with E-state index >= 15 is 4.39 Å². The number of hydrogen-bond acceptors (Lipinski definition) is 7. The first-order chi connectivity index (χ1) is 27.2. The highest BCUT2D eigenvalue weighted by molar-refractivity contribution is 5.91. The van der Waals surface area contributed by atoms with E-state index in [4.69, 9.17) is 11.5 Å². The summed E-state index contributed by atoms with van der Waals surface area (Å²) in [6, 6.07) is 11.1. The normalized spacial score (nSPS) is 14.7. The van der Waals surface area contributed by atoms with Crippen LogP contribution in [0, 0.1) is 28.9 Å². The summed E-state index contributed by atoms with van der Waals surface area (Å²) in [5.41, 5.74) is 13.1. The summed E-state index contributed by atoms with van der Waals surface area (Å²) in [5.74, 6) is -4.04. The van der Waals surface area contributed by atoms with Crippen LogP contribution in [-0.2, 0) is 30.5 Å². The van der Waals surface area contributed by atoms with E-state index in [1.165, 1.54) is 30.7 Å². The van der Waals surface area contributed by atoms with E-state index in [1.54, 1.807) is 12.3 Å². The smallest absolute Gasteiger partial charge is 0.248 e. The van der Waals surface area contributed by atoms with Gasteiger partial charge in [0.05, 0.1) is 12.1 Å². The predicted octanol–water partition coefficient (Wildman–Crippen LogP) is 4.11. The number of aliphatic hydroxyl groups is 1. The lowest BCUT2D eigenvalue weighted by atomic mass is 9.82. The van der Waals surface area contributed by atoms with Gasteiger partial charge in [-0.05, 0) is 67.3 Å². The Bertz CT molecular complexity index is 1880. The molecule has 5 amide bonds. The SMILES string of the molecule is CCC(CC(=O)N[C@@H](C)C(=O)N(C)[C@@H](C)C(N)=O)C(C)CNC(=O)[C@@H](N)CCN(C(=O)CO)[C@@H](c1cc(-c2cc(F)ccc2F)cn1Cc1ccccc1)C(C)(C)C. The molecule has 0 fully saturated rings. The van der Waals surface area contributed by atoms with Crippen molar-refractivity contribution in [1.82, 2.24) is 25.0 Å². The highest BCUT2D eigenvalue weighted by atomic mass is 19.1. The van der Waals surface area contributed by atoms with Crippen LogP contribution in [0.15, 0.2) is 60.8 Å². The van der Waals surface area contributed by atoms with Gasteiger partial charge in [-0.15, -0.1) is 0 Å². The molecule has 0 aliphatic carbocycles. The Morgan fingerprint density at radius 1 is 0.983 bits per heavy atom. The fraction of sp³-hybridized carbons (Fsp3) is 0.512. The van der Waals surface area contributed by atoms with Crippen LogP contribution in [0.5, 0.6) is 0 Å². The lowest BCUT2D eigenvalue weighted by Crippen LogP contribution is -2.51. The number of halogens is 2. The van der Waals surface area contributed by atoms with E-state index in [-0.39, 0.29) is 49.2 Å². The highest BCUT2D eigenvalue weighted by Crippen LogP contribution is 2.41. The first kappa shape index (κ1) is 47.2. The van der Waals surface area contributed by atoms with Crippen LogP contribution in [0.4, 0.5) is 8.78 Å². The number of nitrogens with zero attached hydrogens (tertiary/aromatic N) is 3. The third-order valence-electron chi connectivity index (χ3n) is 10.7. The zero-order valence-corrected chi connectivity index (χ0v) is 34.9. The largest absolute Gasteiger partial charge is 0.387 e. The number of benzene rings is 2. The third kappa shape index (κ3) is 12.7. The van der Waals surface area contributed by atoms with Crippen LogP contribution in [-0.4, -0.2) is 93.9 Å². The Morgan fingerprint density at radius 3 is 2.22 bits per heavy atom. The summed E-state index contributed by atoms with van der Waals surface area (Å²) < 4.78 is 31.3. The van der Waals surface area contributed by atoms with Gasteiger partial charge in [0, 0.05) is 56.1 Å². The molecule has 58 heavy (non-hydrogen) atoms. The minimum atomic E-state index is -1.04. The maximum atomic E-state index is 15.1. The molecule has 1 heterocycles. The van der Waals surface area contributed by atoms with Crippen LogP contribution in [0.25, 0.3) is 11.1 Å². The number of hydrogen-bond donors (Lipinski definition) is 5. The molecular formula is C43H61F2N7O6. The number of nitrogens with two attached hydrogens (primary N) is 2. The van der Waals surface area contributed by atoms with Gasteiger partial charge in [0.1, 0.15) is 30.3 Å². The second kappa shape index (κ2) is 21.0. The minimum absolute atomic E-state index is 0.00624. The monoisotopic (exact) mass is 809 g/mol. The van der Waals surface area contributed by atoms with Gasteiger partial charge in [0.2, 0.25) is 29.5 Å². The van der Waals surface area contributed by atoms with Crippen molar-refractivity contribution in [3.63, 3.8) is 0 Å². The van der Waals surface area contributed by atoms with Crippen LogP contribution in [0.1, 0.15) is 85.0 Å². The number of likely N-dealkylation sites (N-methyl/N-ethyl adjacent to an activating group) is 1. The van der Waals surface area contributed by atoms with E-state index in [2.05, 4.69) is 10.6 Å². The molecule has 3 rings (SSSR count). The van der Waals surface area contributed by atoms with Gasteiger partial charge >= 0.3 is 0 Å². The average molecular weight is 810 g/mol. The average Bonchev–Trinajstić information content (AvgIpc) is 3.58. The molecule has 15 heteroatoms. The van der Waals surface area contributed by atoms with Crippen molar-refractivity contribution < 1.29 is 37.9 Å². The molecule has 6 atom stereocenters. The predicted molar refractivity (Wildman–Crippen MR) is 219 cm³/mol. The molecule has 0 spiro atoms. The summed E-state index contributed by atoms with van der Waals surface area (Å²) in [4.78, 5) is 66.7. The van der Waals surface area contributed by atoms with Crippen molar-refractivity contribution in [3.8, 4) is 11.1 Å². The van der Waals surface area contributed by atoms with Gasteiger partial charge in [0.15, 0.2) is 0 Å². The Morgan fingerprint density at radius 2 is 1.64 bits per heavy atom. The van der Waals surface area contributed by atoms with E-state index in [9.17, 15) is 33.5 Å². The van der Waals surface area contributed by atoms with Crippen LogP contribution < -0.4 is 22.1 Å². The number of carbonyl (C=O) groups is 5. The van der Waals surface area contributed by atoms with Crippen molar-refractivity contribution in [2.75, 3.05) is 26.7 Å². The van der Waals surface area contributed by atoms with Crippen molar-refractivity contribution in [1.29, 1.82) is 0 Å². The maximum absolute atomic E-state index is 15.1. The van der Waals surface area contributed by atoms with Crippen molar-refractivity contribution in [2.45, 2.75) is 98.4 Å². The lowest BCUT2D eigenvalue weighted by Gasteiger charge is -2.41. The molecule has 0 bridgehead atoms. The molecule has 0 aliphatic rings. The highest BCUT2D eigenvalue weighted by Gasteiger charge is 2.37. The molecule has 2 unspecified atom stereocenters. The summed E-state index contributed by atoms with van der Waals surface area (Å²) in [5, 5.41) is 15.7. The van der Waals surface area contributed by atoms with Crippen LogP contribution in [0.3, 0.4) is 0 Å². The van der Waals surface area contributed by atoms with Gasteiger partial charge < -0.3 is 41.6 Å². The van der Waals surface area contributed by atoms with E-state index in [0.29, 0.717) is 24.2 Å². The minimum Gasteiger partial charge on any atom is -0.387 e. The molecule has 2 aromatic carbocycles. The number of rotatable bonds is 20. The standard InChI is InChI=1S/C43H61F2N7O6/c1-9-30(20-37(54)49-27(3)42(58)50(8)28(4)40(47)56)26(2)22-48-41(57)35(46)17-18-52(38(55)25-53)39(43(5,6)7)36-19-31(33-21-32(44)15-16-34(33)45)24-51(36)23-29-13-11-10-12-14-29/h10-16,19,21,24,26-28,30,35,39,53H,9,17-18,20,22-23,25,46H2,1-8H3,(H2,47,56)(H,48,57)(H,49,54)/t26?,27-,28-,30?,35-,39-/m0/s1. The fourth-order valence-corrected chi connectivity index (χ4v) is 7.10. The van der Waals surface area contributed by atoms with Crippen molar-refractivity contribution >= 4 is 29.5 Å². The summed E-state index contributed by atoms with van der Waals surface area (Å²) >= 11 is 0. The van der Waals surface area contributed by atoms with Crippen molar-refractivity contribution in [3.05, 3.63) is 83.7 Å². The quantitative estimate of drug-likeness (QED) is 0.113. The first-order valence-electron chi connectivity index (χ1n) is 19.7. The number of nitrogens with one attached hydrogen (secondary N) is 2. The second-order valence-electron chi connectivity index (χ2n) is 16.2. The number of amides is 5. The summed E-state index contributed by atoms with van der Waals surface area (Å²) in [6.07, 6.45) is 2.47. The molecule has 0 radical (unpaired) electrons. The summed E-state index contributed by atoms with van der Waals surface area (Å²) in [6.45, 7) is 12.4. The molecule has 1 aromatic heterocycles. The second-order valence-corrected chi connectivity index (χ2v) is 16.2. The number of carbonyl (C=O) groups excluding carboxylic acids is 5.